The number of likely N-dealkylation sites (tertiary alicyclic amines) is 1. The molecule has 6 heteroatoms. The van der Waals surface area contributed by atoms with Crippen LogP contribution in [0.25, 0.3) is 0 Å². The van der Waals surface area contributed by atoms with E-state index in [9.17, 15) is 9.59 Å². The van der Waals surface area contributed by atoms with E-state index in [4.69, 9.17) is 4.74 Å². The van der Waals surface area contributed by atoms with E-state index in [-0.39, 0.29) is 23.8 Å². The van der Waals surface area contributed by atoms with Gasteiger partial charge in [-0.15, -0.1) is 0 Å². The number of methoxy groups -OCH3 is 1. The van der Waals surface area contributed by atoms with Gasteiger partial charge in [-0.1, -0.05) is 49.7 Å². The summed E-state index contributed by atoms with van der Waals surface area (Å²) < 4.78 is 5.64. The molecule has 2 aromatic rings. The summed E-state index contributed by atoms with van der Waals surface area (Å²) >= 11 is 0. The van der Waals surface area contributed by atoms with Crippen molar-refractivity contribution in [2.75, 3.05) is 31.6 Å². The molecule has 1 N–H and O–H groups in total. The Bertz CT molecular complexity index is 986. The average Bonchev–Trinajstić information content (AvgIpc) is 3.41. The molecule has 2 aliphatic heterocycles. The number of hydrogen-bond donors (Lipinski definition) is 1. The number of amides is 2. The molecule has 2 aliphatic rings. The van der Waals surface area contributed by atoms with Crippen molar-refractivity contribution in [3.8, 4) is 5.75 Å². The van der Waals surface area contributed by atoms with E-state index >= 15 is 0 Å². The van der Waals surface area contributed by atoms with Gasteiger partial charge >= 0.3 is 0 Å². The number of anilines is 1. The molecule has 2 aromatic carbocycles. The molecular formula is C28H37N3O3. The van der Waals surface area contributed by atoms with E-state index < -0.39 is 0 Å². The monoisotopic (exact) mass is 463 g/mol. The van der Waals surface area contributed by atoms with E-state index in [1.54, 1.807) is 7.11 Å². The molecule has 2 unspecified atom stereocenters. The van der Waals surface area contributed by atoms with E-state index in [1.807, 2.05) is 35.2 Å². The highest BCUT2D eigenvalue weighted by molar-refractivity contribution is 5.85. The highest BCUT2D eigenvalue weighted by Crippen LogP contribution is 2.41. The summed E-state index contributed by atoms with van der Waals surface area (Å²) in [6.45, 7) is 5.40. The number of carbonyl (C=O) groups is 2. The third-order valence-electron chi connectivity index (χ3n) is 7.14. The fraction of sp³-hybridized carbons (Fsp3) is 0.500. The summed E-state index contributed by atoms with van der Waals surface area (Å²) in [5.41, 5.74) is 3.26. The van der Waals surface area contributed by atoms with Gasteiger partial charge in [0.15, 0.2) is 0 Å². The number of benzene rings is 2. The standard InChI is InChI=1S/C28H37N3O3/c1-3-4-19-31-26(32)16-15-23(27(31)22-12-6-8-14-25(22)34-2)28(33)29-20-21-11-5-7-13-24(21)30-17-9-10-18-30/h5-8,11-14,23,27H,3-4,9-10,15-20H2,1-2H3,(H,29,33). The van der Waals surface area contributed by atoms with Crippen LogP contribution in [0.4, 0.5) is 5.69 Å². The molecule has 0 bridgehead atoms. The van der Waals surface area contributed by atoms with E-state index in [2.05, 4.69) is 35.3 Å². The van der Waals surface area contributed by atoms with Crippen molar-refractivity contribution in [3.05, 3.63) is 59.7 Å². The van der Waals surface area contributed by atoms with Gasteiger partial charge in [0.25, 0.3) is 0 Å². The summed E-state index contributed by atoms with van der Waals surface area (Å²) in [5, 5.41) is 3.22. The number of unbranched alkanes of at least 4 members (excludes halogenated alkanes) is 1. The summed E-state index contributed by atoms with van der Waals surface area (Å²) in [6.07, 6.45) is 5.28. The number of para-hydroxylation sites is 2. The molecule has 2 amide bonds. The molecular weight excluding hydrogens is 426 g/mol. The van der Waals surface area contributed by atoms with Gasteiger partial charge in [0.1, 0.15) is 5.75 Å². The predicted molar refractivity (Wildman–Crippen MR) is 135 cm³/mol. The zero-order valence-electron chi connectivity index (χ0n) is 20.5. The summed E-state index contributed by atoms with van der Waals surface area (Å²) in [7, 11) is 1.64. The summed E-state index contributed by atoms with van der Waals surface area (Å²) in [6, 6.07) is 15.8. The molecule has 0 aromatic heterocycles. The van der Waals surface area contributed by atoms with Gasteiger partial charge in [0.2, 0.25) is 11.8 Å². The van der Waals surface area contributed by atoms with Crippen LogP contribution < -0.4 is 15.0 Å². The Morgan fingerprint density at radius 3 is 2.59 bits per heavy atom. The van der Waals surface area contributed by atoms with Gasteiger partial charge < -0.3 is 19.9 Å². The Morgan fingerprint density at radius 1 is 1.09 bits per heavy atom. The number of ether oxygens (including phenoxy) is 1. The molecule has 4 rings (SSSR count). The van der Waals surface area contributed by atoms with Gasteiger partial charge in [-0.25, -0.2) is 0 Å². The lowest BCUT2D eigenvalue weighted by atomic mass is 9.83. The number of nitrogens with one attached hydrogen (secondary N) is 1. The minimum atomic E-state index is -0.322. The quantitative estimate of drug-likeness (QED) is 0.586. The van der Waals surface area contributed by atoms with Crippen LogP contribution in [0.1, 0.15) is 62.6 Å². The van der Waals surface area contributed by atoms with Crippen LogP contribution in [-0.4, -0.2) is 43.5 Å². The summed E-state index contributed by atoms with van der Waals surface area (Å²) in [4.78, 5) is 30.9. The molecule has 0 radical (unpaired) electrons. The smallest absolute Gasteiger partial charge is 0.225 e. The Kier molecular flexibility index (Phi) is 8.09. The summed E-state index contributed by atoms with van der Waals surface area (Å²) in [5.74, 6) is 0.527. The molecule has 2 saturated heterocycles. The van der Waals surface area contributed by atoms with Crippen molar-refractivity contribution in [2.24, 2.45) is 5.92 Å². The minimum Gasteiger partial charge on any atom is -0.496 e. The highest BCUT2D eigenvalue weighted by atomic mass is 16.5. The van der Waals surface area contributed by atoms with Crippen molar-refractivity contribution >= 4 is 17.5 Å². The average molecular weight is 464 g/mol. The number of rotatable bonds is 9. The molecule has 0 aliphatic carbocycles. The Labute approximate surface area is 203 Å². The second-order valence-electron chi connectivity index (χ2n) is 9.31. The van der Waals surface area contributed by atoms with Crippen molar-refractivity contribution < 1.29 is 14.3 Å². The first-order chi connectivity index (χ1) is 16.6. The number of hydrogen-bond acceptors (Lipinski definition) is 4. The minimum absolute atomic E-state index is 0.00105. The SMILES string of the molecule is CCCCN1C(=O)CCC(C(=O)NCc2ccccc2N2CCCC2)C1c1ccccc1OC. The van der Waals surface area contributed by atoms with Crippen LogP contribution in [0.2, 0.25) is 0 Å². The van der Waals surface area contributed by atoms with Crippen molar-refractivity contribution in [2.45, 2.75) is 58.0 Å². The van der Waals surface area contributed by atoms with Crippen LogP contribution in [0.5, 0.6) is 5.75 Å². The van der Waals surface area contributed by atoms with Gasteiger partial charge in [0, 0.05) is 43.9 Å². The van der Waals surface area contributed by atoms with Crippen LogP contribution in [-0.2, 0) is 16.1 Å². The maximum absolute atomic E-state index is 13.6. The Morgan fingerprint density at radius 2 is 1.82 bits per heavy atom. The second-order valence-corrected chi connectivity index (χ2v) is 9.31. The maximum atomic E-state index is 13.6. The maximum Gasteiger partial charge on any atom is 0.225 e. The zero-order chi connectivity index (χ0) is 23.9. The molecule has 2 atom stereocenters. The van der Waals surface area contributed by atoms with E-state index in [0.29, 0.717) is 25.9 Å². The lowest BCUT2D eigenvalue weighted by Gasteiger charge is -2.41. The fourth-order valence-corrected chi connectivity index (χ4v) is 5.36. The first-order valence-electron chi connectivity index (χ1n) is 12.7. The Hall–Kier alpha value is -3.02. The zero-order valence-corrected chi connectivity index (χ0v) is 20.5. The van der Waals surface area contributed by atoms with Crippen molar-refractivity contribution in [3.63, 3.8) is 0 Å². The van der Waals surface area contributed by atoms with Crippen molar-refractivity contribution in [1.82, 2.24) is 10.2 Å². The first-order valence-corrected chi connectivity index (χ1v) is 12.7. The van der Waals surface area contributed by atoms with E-state index in [1.165, 1.54) is 18.5 Å². The van der Waals surface area contributed by atoms with E-state index in [0.717, 1.165) is 42.8 Å². The van der Waals surface area contributed by atoms with Crippen LogP contribution in [0.15, 0.2) is 48.5 Å². The number of piperidine rings is 1. The highest BCUT2D eigenvalue weighted by Gasteiger charge is 2.41. The molecule has 2 fully saturated rings. The predicted octanol–water partition coefficient (Wildman–Crippen LogP) is 4.69. The molecule has 2 heterocycles. The lowest BCUT2D eigenvalue weighted by molar-refractivity contribution is -0.143. The van der Waals surface area contributed by atoms with Crippen molar-refractivity contribution in [1.29, 1.82) is 0 Å². The molecule has 0 spiro atoms. The van der Waals surface area contributed by atoms with Crippen LogP contribution in [0.3, 0.4) is 0 Å². The van der Waals surface area contributed by atoms with Crippen LogP contribution in [0, 0.1) is 5.92 Å². The largest absolute Gasteiger partial charge is 0.496 e. The van der Waals surface area contributed by atoms with Gasteiger partial charge in [-0.2, -0.15) is 0 Å². The van der Waals surface area contributed by atoms with Crippen LogP contribution >= 0.6 is 0 Å². The van der Waals surface area contributed by atoms with Gasteiger partial charge in [0.05, 0.1) is 19.1 Å². The fourth-order valence-electron chi connectivity index (χ4n) is 5.36. The molecule has 0 saturated carbocycles. The normalized spacial score (nSPS) is 20.5. The number of carbonyl (C=O) groups excluding carboxylic acids is 2. The lowest BCUT2D eigenvalue weighted by Crippen LogP contribution is -2.48. The number of nitrogens with zero attached hydrogens (tertiary/aromatic N) is 2. The third kappa shape index (κ3) is 5.21. The second kappa shape index (κ2) is 11.4. The first kappa shape index (κ1) is 24.1. The third-order valence-corrected chi connectivity index (χ3v) is 7.14. The van der Waals surface area contributed by atoms with Gasteiger partial charge in [-0.3, -0.25) is 9.59 Å². The molecule has 34 heavy (non-hydrogen) atoms. The molecule has 6 nitrogen and oxygen atoms in total. The molecule has 182 valence electrons. The Balaban J connectivity index is 1.57. The topological polar surface area (TPSA) is 61.9 Å². The van der Waals surface area contributed by atoms with Gasteiger partial charge in [-0.05, 0) is 43.4 Å².